The minimum Gasteiger partial charge on any atom is -0.493 e. The van der Waals surface area contributed by atoms with E-state index in [4.69, 9.17) is 14.2 Å². The van der Waals surface area contributed by atoms with Gasteiger partial charge in [0, 0.05) is 6.54 Å². The van der Waals surface area contributed by atoms with Crippen molar-refractivity contribution in [2.45, 2.75) is 18.4 Å². The summed E-state index contributed by atoms with van der Waals surface area (Å²) in [5.74, 6) is 0.891. The monoisotopic (exact) mass is 482 g/mol. The number of nitrogens with zero attached hydrogens (tertiary/aromatic N) is 1. The maximum atomic E-state index is 13.3. The Morgan fingerprint density at radius 2 is 1.68 bits per heavy atom. The third-order valence-corrected chi connectivity index (χ3v) is 7.19. The van der Waals surface area contributed by atoms with E-state index in [1.165, 1.54) is 11.4 Å². The standard InChI is InChI=1S/C25H26N2O6S/c1-31-22-13-12-19(14-23(22)32-2)15-26-25(28)24-16-27(20-10-6-7-11-21(20)33-24)34(29,30)17-18-8-4-3-5-9-18/h3-14,24H,15-17H2,1-2H3,(H,26,28)/t24-/m1/s1. The normalized spacial score (nSPS) is 15.1. The minimum absolute atomic E-state index is 0.121. The maximum Gasteiger partial charge on any atom is 0.263 e. The fourth-order valence-corrected chi connectivity index (χ4v) is 5.34. The third kappa shape index (κ3) is 5.09. The molecule has 0 fully saturated rings. The van der Waals surface area contributed by atoms with Gasteiger partial charge in [0.15, 0.2) is 17.6 Å². The van der Waals surface area contributed by atoms with Crippen LogP contribution >= 0.6 is 0 Å². The number of methoxy groups -OCH3 is 2. The SMILES string of the molecule is COc1ccc(CNC(=O)[C@H]2CN(S(=O)(=O)Cc3ccccc3)c3ccccc3O2)cc1OC. The Kier molecular flexibility index (Phi) is 6.93. The number of carbonyl (C=O) groups excluding carboxylic acids is 1. The Balaban J connectivity index is 1.51. The predicted molar refractivity (Wildman–Crippen MR) is 129 cm³/mol. The van der Waals surface area contributed by atoms with Crippen molar-refractivity contribution < 1.29 is 27.4 Å². The zero-order valence-electron chi connectivity index (χ0n) is 18.9. The molecule has 1 atom stereocenters. The fourth-order valence-electron chi connectivity index (χ4n) is 3.76. The van der Waals surface area contributed by atoms with E-state index in [1.54, 1.807) is 67.8 Å². The molecule has 3 aromatic rings. The molecule has 178 valence electrons. The van der Waals surface area contributed by atoms with Gasteiger partial charge in [-0.1, -0.05) is 48.5 Å². The van der Waals surface area contributed by atoms with Gasteiger partial charge in [-0.3, -0.25) is 9.10 Å². The molecule has 3 aromatic carbocycles. The molecule has 0 saturated carbocycles. The molecule has 34 heavy (non-hydrogen) atoms. The summed E-state index contributed by atoms with van der Waals surface area (Å²) in [6, 6.07) is 21.1. The molecule has 1 amide bonds. The number of amides is 1. The molecule has 0 aromatic heterocycles. The van der Waals surface area contributed by atoms with Gasteiger partial charge in [0.05, 0.1) is 32.2 Å². The molecule has 1 heterocycles. The summed E-state index contributed by atoms with van der Waals surface area (Å²) in [7, 11) is -0.667. The molecular weight excluding hydrogens is 456 g/mol. The number of fused-ring (bicyclic) bond motifs is 1. The van der Waals surface area contributed by atoms with E-state index in [0.29, 0.717) is 28.5 Å². The van der Waals surface area contributed by atoms with E-state index >= 15 is 0 Å². The Bertz CT molecular complexity index is 1260. The van der Waals surface area contributed by atoms with Gasteiger partial charge < -0.3 is 19.5 Å². The number of sulfonamides is 1. The van der Waals surface area contributed by atoms with Crippen molar-refractivity contribution >= 4 is 21.6 Å². The number of carbonyl (C=O) groups is 1. The van der Waals surface area contributed by atoms with Gasteiger partial charge in [-0.25, -0.2) is 8.42 Å². The molecule has 9 heteroatoms. The number of hydrogen-bond acceptors (Lipinski definition) is 6. The van der Waals surface area contributed by atoms with Crippen LogP contribution < -0.4 is 23.8 Å². The van der Waals surface area contributed by atoms with Crippen molar-refractivity contribution in [3.05, 3.63) is 83.9 Å². The highest BCUT2D eigenvalue weighted by atomic mass is 32.2. The molecule has 0 spiro atoms. The number of para-hydroxylation sites is 2. The van der Waals surface area contributed by atoms with Crippen LogP contribution in [0.2, 0.25) is 0 Å². The zero-order chi connectivity index (χ0) is 24.1. The highest BCUT2D eigenvalue weighted by molar-refractivity contribution is 7.92. The maximum absolute atomic E-state index is 13.3. The van der Waals surface area contributed by atoms with Crippen molar-refractivity contribution in [2.75, 3.05) is 25.1 Å². The van der Waals surface area contributed by atoms with Crippen molar-refractivity contribution in [2.24, 2.45) is 0 Å². The average Bonchev–Trinajstić information content (AvgIpc) is 2.86. The lowest BCUT2D eigenvalue weighted by molar-refractivity contribution is -0.127. The van der Waals surface area contributed by atoms with Gasteiger partial charge in [-0.15, -0.1) is 0 Å². The van der Waals surface area contributed by atoms with Crippen LogP contribution in [0.5, 0.6) is 17.2 Å². The van der Waals surface area contributed by atoms with Crippen LogP contribution in [0.4, 0.5) is 5.69 Å². The second-order valence-electron chi connectivity index (χ2n) is 7.75. The van der Waals surface area contributed by atoms with Gasteiger partial charge >= 0.3 is 0 Å². The van der Waals surface area contributed by atoms with Crippen molar-refractivity contribution in [3.63, 3.8) is 0 Å². The molecule has 1 N–H and O–H groups in total. The number of rotatable bonds is 8. The van der Waals surface area contributed by atoms with Crippen molar-refractivity contribution in [1.29, 1.82) is 0 Å². The van der Waals surface area contributed by atoms with Gasteiger partial charge in [0.1, 0.15) is 5.75 Å². The van der Waals surface area contributed by atoms with E-state index in [9.17, 15) is 13.2 Å². The van der Waals surface area contributed by atoms with Gasteiger partial charge in [0.2, 0.25) is 10.0 Å². The second-order valence-corrected chi connectivity index (χ2v) is 9.65. The molecule has 0 saturated heterocycles. The van der Waals surface area contributed by atoms with Crippen LogP contribution in [0.25, 0.3) is 0 Å². The van der Waals surface area contributed by atoms with Gasteiger partial charge in [-0.2, -0.15) is 0 Å². The number of nitrogens with one attached hydrogen (secondary N) is 1. The van der Waals surface area contributed by atoms with Crippen LogP contribution in [-0.4, -0.2) is 41.2 Å². The second kappa shape index (κ2) is 10.0. The summed E-state index contributed by atoms with van der Waals surface area (Å²) in [5.41, 5.74) is 1.89. The first-order valence-corrected chi connectivity index (χ1v) is 12.3. The zero-order valence-corrected chi connectivity index (χ0v) is 19.7. The third-order valence-electron chi connectivity index (χ3n) is 5.47. The van der Waals surface area contributed by atoms with E-state index in [1.807, 2.05) is 12.1 Å². The van der Waals surface area contributed by atoms with Gasteiger partial charge in [0.25, 0.3) is 5.91 Å². The van der Waals surface area contributed by atoms with Crippen LogP contribution in [0.3, 0.4) is 0 Å². The topological polar surface area (TPSA) is 94.2 Å². The summed E-state index contributed by atoms with van der Waals surface area (Å²) >= 11 is 0. The number of anilines is 1. The summed E-state index contributed by atoms with van der Waals surface area (Å²) in [4.78, 5) is 13.0. The first kappa shape index (κ1) is 23.4. The van der Waals surface area contributed by atoms with Crippen molar-refractivity contribution in [3.8, 4) is 17.2 Å². The van der Waals surface area contributed by atoms with Crippen molar-refractivity contribution in [1.82, 2.24) is 5.32 Å². The first-order chi connectivity index (χ1) is 16.4. The Hall–Kier alpha value is -3.72. The molecule has 0 aliphatic carbocycles. The average molecular weight is 483 g/mol. The van der Waals surface area contributed by atoms with E-state index in [2.05, 4.69) is 5.32 Å². The molecule has 0 bridgehead atoms. The van der Waals surface area contributed by atoms with Crippen LogP contribution in [-0.2, 0) is 27.1 Å². The Morgan fingerprint density at radius 3 is 2.41 bits per heavy atom. The molecular formula is C25H26N2O6S. The largest absolute Gasteiger partial charge is 0.493 e. The summed E-state index contributed by atoms with van der Waals surface area (Å²) < 4.78 is 44.3. The predicted octanol–water partition coefficient (Wildman–Crippen LogP) is 3.12. The Labute approximate surface area is 199 Å². The smallest absolute Gasteiger partial charge is 0.263 e. The van der Waals surface area contributed by atoms with Crippen LogP contribution in [0.1, 0.15) is 11.1 Å². The molecule has 8 nitrogen and oxygen atoms in total. The minimum atomic E-state index is -3.76. The Morgan fingerprint density at radius 1 is 0.971 bits per heavy atom. The number of ether oxygens (including phenoxy) is 3. The lowest BCUT2D eigenvalue weighted by Gasteiger charge is -2.34. The lowest BCUT2D eigenvalue weighted by atomic mass is 10.2. The fraction of sp³-hybridized carbons (Fsp3) is 0.240. The van der Waals surface area contributed by atoms with E-state index in [-0.39, 0.29) is 18.8 Å². The quantitative estimate of drug-likeness (QED) is 0.530. The van der Waals surface area contributed by atoms with Crippen LogP contribution in [0.15, 0.2) is 72.8 Å². The first-order valence-electron chi connectivity index (χ1n) is 10.7. The molecule has 1 aliphatic rings. The summed E-state index contributed by atoms with van der Waals surface area (Å²) in [6.45, 7) is 0.0986. The number of hydrogen-bond donors (Lipinski definition) is 1. The lowest BCUT2D eigenvalue weighted by Crippen LogP contribution is -2.50. The van der Waals surface area contributed by atoms with Gasteiger partial charge in [-0.05, 0) is 35.4 Å². The van der Waals surface area contributed by atoms with E-state index in [0.717, 1.165) is 5.56 Å². The highest BCUT2D eigenvalue weighted by Crippen LogP contribution is 2.36. The number of benzene rings is 3. The van der Waals surface area contributed by atoms with Crippen LogP contribution in [0, 0.1) is 0 Å². The highest BCUT2D eigenvalue weighted by Gasteiger charge is 2.36. The summed E-state index contributed by atoms with van der Waals surface area (Å²) in [5, 5.41) is 2.83. The molecule has 1 aliphatic heterocycles. The molecule has 0 unspecified atom stereocenters. The summed E-state index contributed by atoms with van der Waals surface area (Å²) in [6.07, 6.45) is -0.999. The molecule has 4 rings (SSSR count). The molecule has 0 radical (unpaired) electrons. The van der Waals surface area contributed by atoms with E-state index < -0.39 is 22.0 Å².